The number of hydrogen-bond donors (Lipinski definition) is 3. The van der Waals surface area contributed by atoms with Gasteiger partial charge in [0.05, 0.1) is 11.0 Å². The second kappa shape index (κ2) is 5.94. The second-order valence-electron chi connectivity index (χ2n) is 3.86. The quantitative estimate of drug-likeness (QED) is 0.671. The molecule has 0 fully saturated rings. The van der Waals surface area contributed by atoms with E-state index in [4.69, 9.17) is 5.73 Å². The lowest BCUT2D eigenvalue weighted by atomic mass is 10.1. The van der Waals surface area contributed by atoms with Crippen molar-refractivity contribution in [1.82, 2.24) is 4.72 Å². The summed E-state index contributed by atoms with van der Waals surface area (Å²) in [5.74, 6) is -0.574. The van der Waals surface area contributed by atoms with E-state index in [1.165, 1.54) is 12.1 Å². The maximum absolute atomic E-state index is 11.8. The van der Waals surface area contributed by atoms with Gasteiger partial charge in [0, 0.05) is 13.0 Å². The van der Waals surface area contributed by atoms with E-state index in [2.05, 4.69) is 4.72 Å². The smallest absolute Gasteiger partial charge is 0.240 e. The molecule has 1 aromatic rings. The van der Waals surface area contributed by atoms with Crippen LogP contribution in [-0.2, 0) is 14.8 Å². The van der Waals surface area contributed by atoms with Gasteiger partial charge in [-0.2, -0.15) is 0 Å². The number of amides is 1. The Morgan fingerprint density at radius 1 is 1.50 bits per heavy atom. The molecule has 0 saturated carbocycles. The van der Waals surface area contributed by atoms with Crippen LogP contribution in [0.15, 0.2) is 29.2 Å². The maximum Gasteiger partial charge on any atom is 0.240 e. The third-order valence-corrected chi connectivity index (χ3v) is 3.77. The molecule has 0 bridgehead atoms. The number of primary amides is 1. The first-order valence-corrected chi connectivity index (χ1v) is 6.87. The van der Waals surface area contributed by atoms with E-state index >= 15 is 0 Å². The van der Waals surface area contributed by atoms with E-state index in [9.17, 15) is 18.3 Å². The normalized spacial score (nSPS) is 13.2. The van der Waals surface area contributed by atoms with Crippen molar-refractivity contribution >= 4 is 15.9 Å². The molecule has 0 aliphatic rings. The first-order valence-electron chi connectivity index (χ1n) is 5.39. The van der Waals surface area contributed by atoms with Crippen LogP contribution in [0.2, 0.25) is 0 Å². The fourth-order valence-corrected chi connectivity index (χ4v) is 2.42. The van der Waals surface area contributed by atoms with Crippen LogP contribution in [0.4, 0.5) is 0 Å². The molecule has 0 heterocycles. The van der Waals surface area contributed by atoms with Gasteiger partial charge in [0.25, 0.3) is 0 Å². The molecule has 1 unspecified atom stereocenters. The second-order valence-corrected chi connectivity index (χ2v) is 5.63. The number of aliphatic hydroxyl groups excluding tert-OH is 1. The molecule has 1 aromatic carbocycles. The molecular weight excluding hydrogens is 256 g/mol. The summed E-state index contributed by atoms with van der Waals surface area (Å²) >= 11 is 0. The molecule has 0 spiro atoms. The summed E-state index contributed by atoms with van der Waals surface area (Å²) in [6, 6.07) is 5.98. The highest BCUT2D eigenvalue weighted by atomic mass is 32.2. The van der Waals surface area contributed by atoms with E-state index in [1.807, 2.05) is 0 Å². The van der Waals surface area contributed by atoms with Crippen molar-refractivity contribution in [2.45, 2.75) is 24.3 Å². The summed E-state index contributed by atoms with van der Waals surface area (Å²) in [4.78, 5) is 10.6. The predicted molar refractivity (Wildman–Crippen MR) is 66.1 cm³/mol. The molecule has 7 heteroatoms. The number of nitrogens with two attached hydrogens (primary N) is 1. The monoisotopic (exact) mass is 272 g/mol. The lowest BCUT2D eigenvalue weighted by Crippen LogP contribution is -2.28. The van der Waals surface area contributed by atoms with E-state index < -0.39 is 22.0 Å². The molecule has 0 radical (unpaired) electrons. The van der Waals surface area contributed by atoms with E-state index in [0.717, 1.165) is 0 Å². The minimum absolute atomic E-state index is 0.0451. The number of nitrogens with one attached hydrogen (secondary N) is 1. The van der Waals surface area contributed by atoms with Crippen molar-refractivity contribution in [2.24, 2.45) is 5.73 Å². The van der Waals surface area contributed by atoms with Crippen molar-refractivity contribution in [3.63, 3.8) is 0 Å². The minimum atomic E-state index is -3.68. The van der Waals surface area contributed by atoms with Crippen LogP contribution in [0.25, 0.3) is 0 Å². The van der Waals surface area contributed by atoms with Gasteiger partial charge in [-0.05, 0) is 24.6 Å². The largest absolute Gasteiger partial charge is 0.389 e. The summed E-state index contributed by atoms with van der Waals surface area (Å²) < 4.78 is 25.9. The van der Waals surface area contributed by atoms with Gasteiger partial charge in [-0.3, -0.25) is 4.79 Å². The van der Waals surface area contributed by atoms with Crippen LogP contribution in [0.1, 0.15) is 25.0 Å². The van der Waals surface area contributed by atoms with Crippen LogP contribution < -0.4 is 10.5 Å². The Morgan fingerprint density at radius 2 is 2.17 bits per heavy atom. The predicted octanol–water partition coefficient (Wildman–Crippen LogP) is -0.106. The summed E-state index contributed by atoms with van der Waals surface area (Å²) in [5.41, 5.74) is 5.42. The van der Waals surface area contributed by atoms with Gasteiger partial charge in [0.1, 0.15) is 0 Å². The molecule has 1 atom stereocenters. The lowest BCUT2D eigenvalue weighted by Gasteiger charge is -2.09. The zero-order valence-electron chi connectivity index (χ0n) is 9.96. The number of carbonyl (C=O) groups excluding carboxylic acids is 1. The third-order valence-electron chi connectivity index (χ3n) is 2.31. The van der Waals surface area contributed by atoms with Crippen LogP contribution in [0, 0.1) is 0 Å². The van der Waals surface area contributed by atoms with E-state index in [-0.39, 0.29) is 17.9 Å². The highest BCUT2D eigenvalue weighted by molar-refractivity contribution is 7.89. The first-order chi connectivity index (χ1) is 8.33. The molecule has 0 aliphatic carbocycles. The zero-order valence-corrected chi connectivity index (χ0v) is 10.8. The third kappa shape index (κ3) is 4.10. The SMILES string of the molecule is CC(O)c1cccc(S(=O)(=O)NCCC(N)=O)c1. The highest BCUT2D eigenvalue weighted by Gasteiger charge is 2.15. The van der Waals surface area contributed by atoms with Crippen molar-refractivity contribution in [3.8, 4) is 0 Å². The van der Waals surface area contributed by atoms with Crippen molar-refractivity contribution in [1.29, 1.82) is 0 Å². The number of carbonyl (C=O) groups is 1. The van der Waals surface area contributed by atoms with E-state index in [0.29, 0.717) is 5.56 Å². The Bertz CT molecular complexity index is 526. The molecule has 0 saturated heterocycles. The lowest BCUT2D eigenvalue weighted by molar-refractivity contribution is -0.117. The fraction of sp³-hybridized carbons (Fsp3) is 0.364. The average molecular weight is 272 g/mol. The topological polar surface area (TPSA) is 109 Å². The summed E-state index contributed by atoms with van der Waals surface area (Å²) in [6.07, 6.45) is -0.805. The Labute approximate surface area is 106 Å². The molecule has 18 heavy (non-hydrogen) atoms. The van der Waals surface area contributed by atoms with E-state index in [1.54, 1.807) is 19.1 Å². The van der Waals surface area contributed by atoms with Crippen molar-refractivity contribution in [2.75, 3.05) is 6.54 Å². The van der Waals surface area contributed by atoms with Gasteiger partial charge in [-0.25, -0.2) is 13.1 Å². The van der Waals surface area contributed by atoms with Gasteiger partial charge < -0.3 is 10.8 Å². The fourth-order valence-electron chi connectivity index (χ4n) is 1.33. The van der Waals surface area contributed by atoms with Gasteiger partial charge in [0.15, 0.2) is 0 Å². The molecule has 1 rings (SSSR count). The number of rotatable bonds is 6. The number of sulfonamides is 1. The van der Waals surface area contributed by atoms with Crippen LogP contribution in [0.5, 0.6) is 0 Å². The number of benzene rings is 1. The zero-order chi connectivity index (χ0) is 13.8. The average Bonchev–Trinajstić information content (AvgIpc) is 2.28. The summed E-state index contributed by atoms with van der Waals surface area (Å²) in [5, 5.41) is 9.39. The molecule has 0 aliphatic heterocycles. The standard InChI is InChI=1S/C11H16N2O4S/c1-8(14)9-3-2-4-10(7-9)18(16,17)13-6-5-11(12)15/h2-4,7-8,13-14H,5-6H2,1H3,(H2,12,15). The van der Waals surface area contributed by atoms with Crippen molar-refractivity contribution in [3.05, 3.63) is 29.8 Å². The van der Waals surface area contributed by atoms with Gasteiger partial charge in [-0.15, -0.1) is 0 Å². The molecular formula is C11H16N2O4S. The van der Waals surface area contributed by atoms with Crippen molar-refractivity contribution < 1.29 is 18.3 Å². The molecule has 4 N–H and O–H groups in total. The van der Waals surface area contributed by atoms with Gasteiger partial charge in [-0.1, -0.05) is 12.1 Å². The Kier molecular flexibility index (Phi) is 4.83. The van der Waals surface area contributed by atoms with Gasteiger partial charge >= 0.3 is 0 Å². The first kappa shape index (κ1) is 14.6. The highest BCUT2D eigenvalue weighted by Crippen LogP contribution is 2.16. The number of aliphatic hydroxyl groups is 1. The minimum Gasteiger partial charge on any atom is -0.389 e. The summed E-state index contributed by atoms with van der Waals surface area (Å²) in [7, 11) is -3.68. The Hall–Kier alpha value is -1.44. The summed E-state index contributed by atoms with van der Waals surface area (Å²) in [6.45, 7) is 1.50. The Balaban J connectivity index is 2.84. The molecule has 1 amide bonds. The van der Waals surface area contributed by atoms with Crippen LogP contribution in [0.3, 0.4) is 0 Å². The molecule has 100 valence electrons. The molecule has 0 aromatic heterocycles. The number of hydrogen-bond acceptors (Lipinski definition) is 4. The van der Waals surface area contributed by atoms with Crippen LogP contribution in [-0.4, -0.2) is 26.0 Å². The molecule has 6 nitrogen and oxygen atoms in total. The Morgan fingerprint density at radius 3 is 2.72 bits per heavy atom. The van der Waals surface area contributed by atoms with Gasteiger partial charge in [0.2, 0.25) is 15.9 Å². The van der Waals surface area contributed by atoms with Crippen LogP contribution >= 0.6 is 0 Å². The maximum atomic E-state index is 11.8.